The van der Waals surface area contributed by atoms with E-state index in [2.05, 4.69) is 5.32 Å². The first kappa shape index (κ1) is 18.2. The Morgan fingerprint density at radius 2 is 1.85 bits per heavy atom. The molecule has 0 saturated heterocycles. The van der Waals surface area contributed by atoms with Crippen LogP contribution in [0.5, 0.6) is 0 Å². The van der Waals surface area contributed by atoms with E-state index in [0.29, 0.717) is 10.4 Å². The maximum absolute atomic E-state index is 12.5. The molecule has 2 aromatic carbocycles. The average molecular weight is 369 g/mol. The molecule has 5 heteroatoms. The molecule has 0 spiro atoms. The molecule has 0 unspecified atom stereocenters. The molecule has 1 aromatic heterocycles. The van der Waals surface area contributed by atoms with E-state index in [9.17, 15) is 9.59 Å². The van der Waals surface area contributed by atoms with Crippen molar-refractivity contribution in [1.82, 2.24) is 9.88 Å². The van der Waals surface area contributed by atoms with Crippen LogP contribution in [0.25, 0.3) is 10.9 Å². The number of aromatic nitrogens is 1. The number of carbonyl (C=O) groups is 1. The minimum atomic E-state index is -0.131. The van der Waals surface area contributed by atoms with Crippen LogP contribution in [0.1, 0.15) is 29.7 Å². The monoisotopic (exact) mass is 368 g/mol. The molecule has 0 saturated carbocycles. The van der Waals surface area contributed by atoms with Crippen LogP contribution in [-0.4, -0.2) is 10.5 Å². The second-order valence-electron chi connectivity index (χ2n) is 6.62. The molecule has 1 N–H and O–H groups in total. The summed E-state index contributed by atoms with van der Waals surface area (Å²) < 4.78 is 1.82. The third-order valence-electron chi connectivity index (χ3n) is 4.48. The molecule has 134 valence electrons. The van der Waals surface area contributed by atoms with Crippen molar-refractivity contribution in [2.24, 2.45) is 0 Å². The first-order valence-electron chi connectivity index (χ1n) is 8.50. The molecule has 0 radical (unpaired) electrons. The van der Waals surface area contributed by atoms with Crippen LogP contribution >= 0.6 is 11.6 Å². The van der Waals surface area contributed by atoms with Crippen molar-refractivity contribution in [3.8, 4) is 0 Å². The van der Waals surface area contributed by atoms with E-state index in [0.717, 1.165) is 22.2 Å². The highest BCUT2D eigenvalue weighted by Gasteiger charge is 2.12. The van der Waals surface area contributed by atoms with Gasteiger partial charge in [0.15, 0.2) is 5.43 Å². The molecule has 1 amide bonds. The molecule has 0 bridgehead atoms. The summed E-state index contributed by atoms with van der Waals surface area (Å²) in [7, 11) is 0. The lowest BCUT2D eigenvalue weighted by Gasteiger charge is -2.17. The van der Waals surface area contributed by atoms with Crippen LogP contribution in [0, 0.1) is 13.8 Å². The predicted molar refractivity (Wildman–Crippen MR) is 106 cm³/mol. The van der Waals surface area contributed by atoms with E-state index in [1.807, 2.05) is 49.6 Å². The molecule has 0 aliphatic carbocycles. The second kappa shape index (κ2) is 7.34. The maximum Gasteiger partial charge on any atom is 0.240 e. The quantitative estimate of drug-likeness (QED) is 0.752. The third kappa shape index (κ3) is 3.81. The Kier molecular flexibility index (Phi) is 5.14. The first-order valence-corrected chi connectivity index (χ1v) is 8.88. The zero-order chi connectivity index (χ0) is 18.8. The number of rotatable bonds is 4. The van der Waals surface area contributed by atoms with Crippen molar-refractivity contribution >= 4 is 28.4 Å². The highest BCUT2D eigenvalue weighted by atomic mass is 35.5. The van der Waals surface area contributed by atoms with Gasteiger partial charge in [-0.25, -0.2) is 0 Å². The van der Waals surface area contributed by atoms with E-state index in [1.165, 1.54) is 6.07 Å². The van der Waals surface area contributed by atoms with E-state index in [1.54, 1.807) is 18.3 Å². The number of fused-ring (bicyclic) bond motifs is 1. The zero-order valence-electron chi connectivity index (χ0n) is 15.0. The fraction of sp³-hybridized carbons (Fsp3) is 0.238. The van der Waals surface area contributed by atoms with Crippen molar-refractivity contribution < 1.29 is 4.79 Å². The van der Waals surface area contributed by atoms with Crippen LogP contribution in [-0.2, 0) is 11.3 Å². The van der Waals surface area contributed by atoms with Crippen molar-refractivity contribution in [3.63, 3.8) is 0 Å². The highest BCUT2D eigenvalue weighted by Crippen LogP contribution is 2.18. The van der Waals surface area contributed by atoms with Crippen LogP contribution in [0.15, 0.2) is 53.5 Å². The number of nitrogens with zero attached hydrogens (tertiary/aromatic N) is 1. The second-order valence-corrected chi connectivity index (χ2v) is 7.06. The van der Waals surface area contributed by atoms with Gasteiger partial charge >= 0.3 is 0 Å². The van der Waals surface area contributed by atoms with Crippen molar-refractivity contribution in [2.75, 3.05) is 0 Å². The molecule has 0 aliphatic heterocycles. The average Bonchev–Trinajstić information content (AvgIpc) is 2.57. The largest absolute Gasteiger partial charge is 0.348 e. The van der Waals surface area contributed by atoms with Gasteiger partial charge in [0, 0.05) is 22.7 Å². The number of carbonyl (C=O) groups excluding carboxylic acids is 1. The van der Waals surface area contributed by atoms with Crippen LogP contribution in [0.2, 0.25) is 5.02 Å². The fourth-order valence-corrected chi connectivity index (χ4v) is 3.35. The Bertz CT molecular complexity index is 1020. The summed E-state index contributed by atoms with van der Waals surface area (Å²) in [5.41, 5.74) is 3.73. The minimum Gasteiger partial charge on any atom is -0.348 e. The summed E-state index contributed by atoms with van der Waals surface area (Å²) >= 11 is 5.91. The number of nitrogens with one attached hydrogen (secondary N) is 1. The molecule has 3 aromatic rings. The van der Waals surface area contributed by atoms with Gasteiger partial charge in [-0.3, -0.25) is 9.59 Å². The standard InChI is InChI=1S/C21H21ClN2O2/c1-13-10-14(2)21-18(11-13)24(9-8-19(21)25)12-20(26)23-15(3)16-4-6-17(22)7-5-16/h4-11,15H,12H2,1-3H3,(H,23,26)/t15-/m1/s1. The minimum absolute atomic E-state index is 0.0244. The molecule has 4 nitrogen and oxygen atoms in total. The molecule has 0 fully saturated rings. The molecule has 0 aliphatic rings. The van der Waals surface area contributed by atoms with Gasteiger partial charge in [0.2, 0.25) is 5.91 Å². The summed E-state index contributed by atoms with van der Waals surface area (Å²) in [6.07, 6.45) is 1.68. The Morgan fingerprint density at radius 1 is 1.15 bits per heavy atom. The summed E-state index contributed by atoms with van der Waals surface area (Å²) in [5, 5.41) is 4.32. The fourth-order valence-electron chi connectivity index (χ4n) is 3.23. The first-order chi connectivity index (χ1) is 12.3. The van der Waals surface area contributed by atoms with Crippen molar-refractivity contribution in [3.05, 3.63) is 80.6 Å². The smallest absolute Gasteiger partial charge is 0.240 e. The van der Waals surface area contributed by atoms with Crippen LogP contribution in [0.3, 0.4) is 0 Å². The molecular weight excluding hydrogens is 348 g/mol. The van der Waals surface area contributed by atoms with Gasteiger partial charge < -0.3 is 9.88 Å². The lowest BCUT2D eigenvalue weighted by Crippen LogP contribution is -2.30. The lowest BCUT2D eigenvalue weighted by atomic mass is 10.1. The number of amides is 1. The van der Waals surface area contributed by atoms with E-state index >= 15 is 0 Å². The molecule has 26 heavy (non-hydrogen) atoms. The Balaban J connectivity index is 1.84. The summed E-state index contributed by atoms with van der Waals surface area (Å²) in [4.78, 5) is 24.7. The Morgan fingerprint density at radius 3 is 2.54 bits per heavy atom. The third-order valence-corrected chi connectivity index (χ3v) is 4.73. The van der Waals surface area contributed by atoms with Gasteiger partial charge in [-0.1, -0.05) is 29.8 Å². The van der Waals surface area contributed by atoms with E-state index in [4.69, 9.17) is 11.6 Å². The van der Waals surface area contributed by atoms with Gasteiger partial charge in [-0.05, 0) is 55.7 Å². The Hall–Kier alpha value is -2.59. The zero-order valence-corrected chi connectivity index (χ0v) is 15.8. The van der Waals surface area contributed by atoms with Gasteiger partial charge in [0.25, 0.3) is 0 Å². The number of benzene rings is 2. The van der Waals surface area contributed by atoms with Gasteiger partial charge in [0.05, 0.1) is 11.6 Å². The summed E-state index contributed by atoms with van der Waals surface area (Å²) in [5.74, 6) is -0.114. The number of pyridine rings is 1. The number of hydrogen-bond acceptors (Lipinski definition) is 2. The molecule has 3 rings (SSSR count). The summed E-state index contributed by atoms with van der Waals surface area (Å²) in [6, 6.07) is 12.7. The SMILES string of the molecule is Cc1cc(C)c2c(=O)ccn(CC(=O)N[C@H](C)c3ccc(Cl)cc3)c2c1. The van der Waals surface area contributed by atoms with Gasteiger partial charge in [-0.2, -0.15) is 0 Å². The van der Waals surface area contributed by atoms with E-state index in [-0.39, 0.29) is 23.9 Å². The predicted octanol–water partition coefficient (Wildman–Crippen LogP) is 4.15. The van der Waals surface area contributed by atoms with Crippen molar-refractivity contribution in [2.45, 2.75) is 33.4 Å². The molecule has 1 heterocycles. The van der Waals surface area contributed by atoms with E-state index < -0.39 is 0 Å². The molecule has 1 atom stereocenters. The topological polar surface area (TPSA) is 51.1 Å². The normalized spacial score (nSPS) is 12.2. The number of halogens is 1. The van der Waals surface area contributed by atoms with Crippen LogP contribution < -0.4 is 10.7 Å². The van der Waals surface area contributed by atoms with Gasteiger partial charge in [-0.15, -0.1) is 0 Å². The number of aryl methyl sites for hydroxylation is 2. The summed E-state index contributed by atoms with van der Waals surface area (Å²) in [6.45, 7) is 5.98. The maximum atomic E-state index is 12.5. The Labute approximate surface area is 157 Å². The van der Waals surface area contributed by atoms with Gasteiger partial charge in [0.1, 0.15) is 6.54 Å². The van der Waals surface area contributed by atoms with Crippen molar-refractivity contribution in [1.29, 1.82) is 0 Å². The highest BCUT2D eigenvalue weighted by molar-refractivity contribution is 6.30. The number of hydrogen-bond donors (Lipinski definition) is 1. The lowest BCUT2D eigenvalue weighted by molar-refractivity contribution is -0.122. The molecular formula is C21H21ClN2O2. The van der Waals surface area contributed by atoms with Crippen LogP contribution in [0.4, 0.5) is 0 Å².